The van der Waals surface area contributed by atoms with Crippen LogP contribution in [-0.2, 0) is 32.3 Å². The number of hydrogen-bond donors (Lipinski definition) is 1. The molecule has 0 bridgehead atoms. The van der Waals surface area contributed by atoms with Gasteiger partial charge in [-0.1, -0.05) is 25.4 Å². The average molecular weight is 425 g/mol. The molecule has 0 spiro atoms. The molecule has 1 aromatic rings. The smallest absolute Gasteiger partial charge is 0.326 e. The van der Waals surface area contributed by atoms with Gasteiger partial charge in [-0.2, -0.15) is 0 Å². The molecule has 2 aliphatic heterocycles. The Morgan fingerprint density at radius 3 is 2.86 bits per heavy atom. The van der Waals surface area contributed by atoms with E-state index in [1.807, 2.05) is 13.8 Å². The first-order valence-electron chi connectivity index (χ1n) is 9.51. The van der Waals surface area contributed by atoms with Crippen molar-refractivity contribution in [2.24, 2.45) is 5.92 Å². The van der Waals surface area contributed by atoms with Crippen LogP contribution < -0.4 is 10.1 Å². The Balaban J connectivity index is 1.61. The number of imide groups is 1. The number of urea groups is 1. The first-order chi connectivity index (χ1) is 13.7. The third-order valence-electron chi connectivity index (χ3n) is 4.99. The number of carbonyl (C=O) groups excluding carboxylic acids is 3. The number of halogens is 1. The lowest BCUT2D eigenvalue weighted by atomic mass is 9.92. The van der Waals surface area contributed by atoms with Crippen molar-refractivity contribution >= 4 is 29.5 Å². The summed E-state index contributed by atoms with van der Waals surface area (Å²) in [6, 6.07) is 2.79. The van der Waals surface area contributed by atoms with Crippen LogP contribution in [0.2, 0.25) is 5.02 Å². The third kappa shape index (κ3) is 4.82. The van der Waals surface area contributed by atoms with Crippen molar-refractivity contribution in [3.05, 3.63) is 28.3 Å². The highest BCUT2D eigenvalue weighted by Crippen LogP contribution is 2.32. The normalized spacial score (nSPS) is 21.1. The molecule has 2 aliphatic rings. The molecule has 1 saturated heterocycles. The van der Waals surface area contributed by atoms with Gasteiger partial charge in [0.15, 0.2) is 6.79 Å². The quantitative estimate of drug-likeness (QED) is 0.534. The van der Waals surface area contributed by atoms with E-state index in [2.05, 4.69) is 5.32 Å². The number of nitrogens with one attached hydrogen (secondary N) is 1. The fourth-order valence-electron chi connectivity index (χ4n) is 3.33. The molecule has 158 valence electrons. The third-order valence-corrected chi connectivity index (χ3v) is 5.21. The Hall–Kier alpha value is -2.32. The summed E-state index contributed by atoms with van der Waals surface area (Å²) in [7, 11) is 0. The van der Waals surface area contributed by atoms with Crippen LogP contribution in [0.1, 0.15) is 44.7 Å². The van der Waals surface area contributed by atoms with E-state index in [-0.39, 0.29) is 13.4 Å². The molecule has 0 radical (unpaired) electrons. The first-order valence-corrected chi connectivity index (χ1v) is 9.89. The van der Waals surface area contributed by atoms with Crippen LogP contribution in [0.4, 0.5) is 4.79 Å². The lowest BCUT2D eigenvalue weighted by Gasteiger charge is -2.22. The Bertz CT molecular complexity index is 827. The molecular formula is C20H25ClN2O6. The molecule has 8 nitrogen and oxygen atoms in total. The Labute approximate surface area is 174 Å². The van der Waals surface area contributed by atoms with Crippen molar-refractivity contribution in [1.82, 2.24) is 10.2 Å². The van der Waals surface area contributed by atoms with Gasteiger partial charge in [0.2, 0.25) is 0 Å². The number of carbonyl (C=O) groups is 3. The molecule has 9 heteroatoms. The van der Waals surface area contributed by atoms with Gasteiger partial charge in [0.05, 0.1) is 6.61 Å². The molecule has 3 rings (SSSR count). The topological polar surface area (TPSA) is 94.2 Å². The van der Waals surface area contributed by atoms with Crippen LogP contribution in [0.3, 0.4) is 0 Å². The maximum Gasteiger partial charge on any atom is 0.326 e. The second kappa shape index (κ2) is 8.59. The minimum Gasteiger partial charge on any atom is -0.467 e. The minimum absolute atomic E-state index is 0.0873. The zero-order valence-electron chi connectivity index (χ0n) is 16.7. The van der Waals surface area contributed by atoms with Crippen LogP contribution in [-0.4, -0.2) is 41.7 Å². The zero-order valence-corrected chi connectivity index (χ0v) is 17.5. The number of hydrogen-bond acceptors (Lipinski definition) is 6. The van der Waals surface area contributed by atoms with E-state index in [1.54, 1.807) is 19.1 Å². The maximum absolute atomic E-state index is 12.7. The van der Waals surface area contributed by atoms with Gasteiger partial charge in [-0.15, -0.1) is 0 Å². The number of rotatable bonds is 7. The molecule has 1 N–H and O–H groups in total. The van der Waals surface area contributed by atoms with Crippen molar-refractivity contribution in [2.75, 3.05) is 13.3 Å². The summed E-state index contributed by atoms with van der Waals surface area (Å²) in [5.74, 6) is -0.139. The molecule has 0 unspecified atom stereocenters. The second-order valence-electron chi connectivity index (χ2n) is 7.91. The van der Waals surface area contributed by atoms with E-state index in [9.17, 15) is 14.4 Å². The largest absolute Gasteiger partial charge is 0.467 e. The van der Waals surface area contributed by atoms with Crippen molar-refractivity contribution in [1.29, 1.82) is 0 Å². The maximum atomic E-state index is 12.7. The average Bonchev–Trinajstić information content (AvgIpc) is 2.88. The summed E-state index contributed by atoms with van der Waals surface area (Å²) in [5, 5.41) is 3.16. The first kappa shape index (κ1) is 21.4. The second-order valence-corrected chi connectivity index (χ2v) is 8.35. The molecule has 1 fully saturated rings. The Morgan fingerprint density at radius 1 is 1.38 bits per heavy atom. The zero-order chi connectivity index (χ0) is 21.2. The lowest BCUT2D eigenvalue weighted by Crippen LogP contribution is -2.44. The number of benzene rings is 1. The molecule has 0 aliphatic carbocycles. The minimum atomic E-state index is -0.999. The summed E-state index contributed by atoms with van der Waals surface area (Å²) in [6.45, 7) is 5.69. The van der Waals surface area contributed by atoms with Crippen LogP contribution in [0.25, 0.3) is 0 Å². The molecule has 1 atom stereocenters. The van der Waals surface area contributed by atoms with E-state index in [4.69, 9.17) is 25.8 Å². The van der Waals surface area contributed by atoms with Crippen LogP contribution in [0, 0.1) is 5.92 Å². The van der Waals surface area contributed by atoms with Crippen LogP contribution in [0.15, 0.2) is 12.1 Å². The molecule has 2 heterocycles. The van der Waals surface area contributed by atoms with Gasteiger partial charge < -0.3 is 19.5 Å². The predicted octanol–water partition coefficient (Wildman–Crippen LogP) is 3.00. The van der Waals surface area contributed by atoms with Crippen LogP contribution >= 0.6 is 11.6 Å². The summed E-state index contributed by atoms with van der Waals surface area (Å²) in [6.07, 6.45) is 1.29. The van der Waals surface area contributed by atoms with Crippen molar-refractivity contribution in [2.45, 2.75) is 52.4 Å². The SMILES string of the molecule is CC(C)CC[C@]1(C)NC(=O)N(CC(=O)OCc2cc(Cl)cc3c2OCOC3)C1=O. The highest BCUT2D eigenvalue weighted by molar-refractivity contribution is 6.30. The monoisotopic (exact) mass is 424 g/mol. The standard InChI is InChI=1S/C20H25ClN2O6/c1-12(2)4-5-20(3)18(25)23(19(26)22-20)8-16(24)28-10-14-7-15(21)6-13-9-27-11-29-17(13)14/h6-7,12H,4-5,8-11H2,1-3H3,(H,22,26)/t20-/m0/s1. The van der Waals surface area contributed by atoms with Crippen molar-refractivity contribution in [3.8, 4) is 5.75 Å². The Kier molecular flexibility index (Phi) is 6.33. The summed E-state index contributed by atoms with van der Waals surface area (Å²) >= 11 is 6.10. The molecule has 0 aromatic heterocycles. The highest BCUT2D eigenvalue weighted by Gasteiger charge is 2.48. The van der Waals surface area contributed by atoms with E-state index >= 15 is 0 Å². The van der Waals surface area contributed by atoms with Gasteiger partial charge in [-0.05, 0) is 37.8 Å². The van der Waals surface area contributed by atoms with E-state index in [1.165, 1.54) is 0 Å². The van der Waals surface area contributed by atoms with Gasteiger partial charge in [0.25, 0.3) is 5.91 Å². The fourth-order valence-corrected chi connectivity index (χ4v) is 3.60. The van der Waals surface area contributed by atoms with Gasteiger partial charge >= 0.3 is 12.0 Å². The molecule has 1 aromatic carbocycles. The lowest BCUT2D eigenvalue weighted by molar-refractivity contribution is -0.148. The molecular weight excluding hydrogens is 400 g/mol. The molecule has 29 heavy (non-hydrogen) atoms. The van der Waals surface area contributed by atoms with E-state index in [0.717, 1.165) is 16.9 Å². The van der Waals surface area contributed by atoms with E-state index < -0.39 is 30.0 Å². The van der Waals surface area contributed by atoms with Crippen LogP contribution in [0.5, 0.6) is 5.75 Å². The van der Waals surface area contributed by atoms with Gasteiger partial charge in [-0.25, -0.2) is 4.79 Å². The summed E-state index contributed by atoms with van der Waals surface area (Å²) in [5.41, 5.74) is 0.370. The number of fused-ring (bicyclic) bond motifs is 1. The van der Waals surface area contributed by atoms with Gasteiger partial charge in [0.1, 0.15) is 24.4 Å². The number of ether oxygens (including phenoxy) is 3. The fraction of sp³-hybridized carbons (Fsp3) is 0.550. The van der Waals surface area contributed by atoms with Crippen molar-refractivity contribution in [3.63, 3.8) is 0 Å². The molecule has 3 amide bonds. The Morgan fingerprint density at radius 2 is 2.14 bits per heavy atom. The van der Waals surface area contributed by atoms with Gasteiger partial charge in [0, 0.05) is 16.1 Å². The number of nitrogens with zero attached hydrogens (tertiary/aromatic N) is 1. The number of esters is 1. The molecule has 0 saturated carbocycles. The summed E-state index contributed by atoms with van der Waals surface area (Å²) in [4.78, 5) is 38.1. The number of amides is 3. The van der Waals surface area contributed by atoms with Crippen molar-refractivity contribution < 1.29 is 28.6 Å². The van der Waals surface area contributed by atoms with Gasteiger partial charge in [-0.3, -0.25) is 14.5 Å². The predicted molar refractivity (Wildman–Crippen MR) is 104 cm³/mol. The summed E-state index contributed by atoms with van der Waals surface area (Å²) < 4.78 is 16.0. The van der Waals surface area contributed by atoms with E-state index in [0.29, 0.717) is 35.3 Å². The highest BCUT2D eigenvalue weighted by atomic mass is 35.5.